The molecular formula is C9H13N5O4. The predicted octanol–water partition coefficient (Wildman–Crippen LogP) is 0.249. The van der Waals surface area contributed by atoms with Gasteiger partial charge in [-0.05, 0) is 6.92 Å². The van der Waals surface area contributed by atoms with Crippen LogP contribution in [0.3, 0.4) is 0 Å². The number of nitrogens with one attached hydrogen (secondary N) is 2. The molecule has 0 aliphatic carbocycles. The number of hydrogen-bond acceptors (Lipinski definition) is 8. The minimum absolute atomic E-state index is 0.115. The van der Waals surface area contributed by atoms with Crippen LogP contribution in [-0.4, -0.2) is 29.0 Å². The number of hydrazine groups is 1. The standard InChI is InChI=1S/C9H13N5O4/c1-5(9(15)18-2)11-7-3-6(14(16)17)4-8(12-7)13-10/h3-5H,10H2,1-2H3,(H2,11,12,13). The molecule has 0 aliphatic heterocycles. The maximum atomic E-state index is 11.2. The summed E-state index contributed by atoms with van der Waals surface area (Å²) in [7, 11) is 1.24. The molecule has 0 fully saturated rings. The van der Waals surface area contributed by atoms with Gasteiger partial charge in [0.15, 0.2) is 0 Å². The summed E-state index contributed by atoms with van der Waals surface area (Å²) in [6, 6.07) is 1.68. The molecule has 0 radical (unpaired) electrons. The topological polar surface area (TPSA) is 132 Å². The fourth-order valence-electron chi connectivity index (χ4n) is 1.23. The van der Waals surface area contributed by atoms with Gasteiger partial charge < -0.3 is 15.5 Å². The zero-order valence-corrected chi connectivity index (χ0v) is 9.84. The van der Waals surface area contributed by atoms with E-state index in [4.69, 9.17) is 5.84 Å². The van der Waals surface area contributed by atoms with Gasteiger partial charge in [0.2, 0.25) is 0 Å². The Hall–Kier alpha value is -2.42. The first-order valence-electron chi connectivity index (χ1n) is 4.95. The number of anilines is 2. The van der Waals surface area contributed by atoms with E-state index in [0.717, 1.165) is 0 Å². The number of esters is 1. The number of rotatable bonds is 5. The third-order valence-corrected chi connectivity index (χ3v) is 2.09. The smallest absolute Gasteiger partial charge is 0.328 e. The first-order valence-corrected chi connectivity index (χ1v) is 4.95. The first-order chi connectivity index (χ1) is 8.47. The van der Waals surface area contributed by atoms with Crippen LogP contribution in [0.5, 0.6) is 0 Å². The summed E-state index contributed by atoms with van der Waals surface area (Å²) in [6.45, 7) is 1.54. The van der Waals surface area contributed by atoms with Crippen molar-refractivity contribution in [2.45, 2.75) is 13.0 Å². The molecule has 1 rings (SSSR count). The second-order valence-electron chi connectivity index (χ2n) is 3.39. The Kier molecular flexibility index (Phi) is 4.38. The third-order valence-electron chi connectivity index (χ3n) is 2.09. The largest absolute Gasteiger partial charge is 0.467 e. The Bertz CT molecular complexity index is 464. The highest BCUT2D eigenvalue weighted by molar-refractivity contribution is 5.78. The van der Waals surface area contributed by atoms with Gasteiger partial charge in [-0.1, -0.05) is 0 Å². The lowest BCUT2D eigenvalue weighted by Crippen LogP contribution is -2.27. The molecule has 1 aromatic heterocycles. The molecule has 0 bridgehead atoms. The third kappa shape index (κ3) is 3.28. The maximum absolute atomic E-state index is 11.2. The van der Waals surface area contributed by atoms with Gasteiger partial charge in [-0.3, -0.25) is 10.1 Å². The second-order valence-corrected chi connectivity index (χ2v) is 3.39. The molecule has 9 heteroatoms. The number of hydrogen-bond donors (Lipinski definition) is 3. The van der Waals surface area contributed by atoms with Gasteiger partial charge in [-0.25, -0.2) is 15.6 Å². The van der Waals surface area contributed by atoms with Crippen LogP contribution >= 0.6 is 0 Å². The number of pyridine rings is 1. The van der Waals surface area contributed by atoms with Crippen LogP contribution in [0.15, 0.2) is 12.1 Å². The van der Waals surface area contributed by atoms with Crippen molar-refractivity contribution in [1.82, 2.24) is 4.98 Å². The van der Waals surface area contributed by atoms with Crippen LogP contribution in [0.4, 0.5) is 17.3 Å². The summed E-state index contributed by atoms with van der Waals surface area (Å²) >= 11 is 0. The van der Waals surface area contributed by atoms with E-state index in [1.807, 2.05) is 0 Å². The Morgan fingerprint density at radius 1 is 1.56 bits per heavy atom. The average molecular weight is 255 g/mol. The van der Waals surface area contributed by atoms with Gasteiger partial charge in [0.25, 0.3) is 5.69 Å². The molecule has 1 atom stereocenters. The quantitative estimate of drug-likeness (QED) is 0.295. The minimum Gasteiger partial charge on any atom is -0.467 e. The molecule has 0 amide bonds. The Labute approximate surface area is 102 Å². The molecule has 9 nitrogen and oxygen atoms in total. The molecule has 0 aromatic carbocycles. The van der Waals surface area contributed by atoms with E-state index in [2.05, 4.69) is 20.5 Å². The van der Waals surface area contributed by atoms with E-state index in [1.165, 1.54) is 19.2 Å². The Morgan fingerprint density at radius 3 is 2.67 bits per heavy atom. The van der Waals surface area contributed by atoms with Crippen molar-refractivity contribution in [1.29, 1.82) is 0 Å². The fraction of sp³-hybridized carbons (Fsp3) is 0.333. The Balaban J connectivity index is 2.98. The molecule has 18 heavy (non-hydrogen) atoms. The van der Waals surface area contributed by atoms with Crippen LogP contribution in [0.1, 0.15) is 6.92 Å². The van der Waals surface area contributed by atoms with E-state index >= 15 is 0 Å². The summed E-state index contributed by atoms with van der Waals surface area (Å²) in [6.07, 6.45) is 0. The maximum Gasteiger partial charge on any atom is 0.328 e. The van der Waals surface area contributed by atoms with Crippen LogP contribution < -0.4 is 16.6 Å². The number of carbonyl (C=O) groups excluding carboxylic acids is 1. The fourth-order valence-corrected chi connectivity index (χ4v) is 1.23. The van der Waals surface area contributed by atoms with Crippen LogP contribution in [0, 0.1) is 10.1 Å². The van der Waals surface area contributed by atoms with Crippen molar-refractivity contribution in [3.63, 3.8) is 0 Å². The van der Waals surface area contributed by atoms with Crippen molar-refractivity contribution in [3.8, 4) is 0 Å². The van der Waals surface area contributed by atoms with Gasteiger partial charge >= 0.3 is 5.97 Å². The van der Waals surface area contributed by atoms with Crippen LogP contribution in [0.2, 0.25) is 0 Å². The number of nitro groups is 1. The lowest BCUT2D eigenvalue weighted by atomic mass is 10.3. The molecule has 0 saturated carbocycles. The SMILES string of the molecule is COC(=O)C(C)Nc1cc([N+](=O)[O-])cc(NN)n1. The van der Waals surface area contributed by atoms with Crippen molar-refractivity contribution in [2.24, 2.45) is 5.84 Å². The summed E-state index contributed by atoms with van der Waals surface area (Å²) in [5, 5.41) is 13.4. The molecular weight excluding hydrogens is 242 g/mol. The normalized spacial score (nSPS) is 11.5. The molecule has 0 saturated heterocycles. The van der Waals surface area contributed by atoms with Crippen molar-refractivity contribution >= 4 is 23.3 Å². The highest BCUT2D eigenvalue weighted by Gasteiger charge is 2.16. The van der Waals surface area contributed by atoms with Crippen LogP contribution in [-0.2, 0) is 9.53 Å². The van der Waals surface area contributed by atoms with E-state index in [9.17, 15) is 14.9 Å². The van der Waals surface area contributed by atoms with Gasteiger partial charge in [-0.15, -0.1) is 0 Å². The van der Waals surface area contributed by atoms with E-state index in [1.54, 1.807) is 6.92 Å². The summed E-state index contributed by atoms with van der Waals surface area (Å²) in [5.41, 5.74) is 2.01. The second kappa shape index (κ2) is 5.77. The number of ether oxygens (including phenoxy) is 1. The number of nitrogens with two attached hydrogens (primary N) is 1. The lowest BCUT2D eigenvalue weighted by Gasteiger charge is -2.12. The molecule has 0 aliphatic rings. The van der Waals surface area contributed by atoms with Crippen molar-refractivity contribution < 1.29 is 14.5 Å². The molecule has 98 valence electrons. The highest BCUT2D eigenvalue weighted by Crippen LogP contribution is 2.20. The number of nitrogen functional groups attached to an aromatic ring is 1. The monoisotopic (exact) mass is 255 g/mol. The van der Waals surface area contributed by atoms with Crippen LogP contribution in [0.25, 0.3) is 0 Å². The predicted molar refractivity (Wildman–Crippen MR) is 63.8 cm³/mol. The lowest BCUT2D eigenvalue weighted by molar-refractivity contribution is -0.384. The molecule has 1 heterocycles. The first kappa shape index (κ1) is 13.6. The molecule has 0 spiro atoms. The molecule has 1 aromatic rings. The summed E-state index contributed by atoms with van der Waals surface area (Å²) in [5.74, 6) is 4.90. The van der Waals surface area contributed by atoms with Crippen molar-refractivity contribution in [2.75, 3.05) is 17.9 Å². The zero-order chi connectivity index (χ0) is 13.7. The zero-order valence-electron chi connectivity index (χ0n) is 9.84. The minimum atomic E-state index is -0.685. The van der Waals surface area contributed by atoms with Crippen molar-refractivity contribution in [3.05, 3.63) is 22.2 Å². The summed E-state index contributed by atoms with van der Waals surface area (Å²) in [4.78, 5) is 25.2. The van der Waals surface area contributed by atoms with Gasteiger partial charge in [0, 0.05) is 0 Å². The number of nitrogens with zero attached hydrogens (tertiary/aromatic N) is 2. The number of carbonyl (C=O) groups is 1. The average Bonchev–Trinajstić information content (AvgIpc) is 2.36. The van der Waals surface area contributed by atoms with Gasteiger partial charge in [0.1, 0.15) is 17.7 Å². The van der Waals surface area contributed by atoms with Gasteiger partial charge in [-0.2, -0.15) is 0 Å². The van der Waals surface area contributed by atoms with E-state index in [0.29, 0.717) is 0 Å². The number of methoxy groups -OCH3 is 1. The van der Waals surface area contributed by atoms with E-state index in [-0.39, 0.29) is 17.3 Å². The summed E-state index contributed by atoms with van der Waals surface area (Å²) < 4.78 is 4.52. The van der Waals surface area contributed by atoms with Gasteiger partial charge in [0.05, 0.1) is 24.2 Å². The molecule has 1 unspecified atom stereocenters. The highest BCUT2D eigenvalue weighted by atomic mass is 16.6. The number of aromatic nitrogens is 1. The molecule has 4 N–H and O–H groups in total. The van der Waals surface area contributed by atoms with E-state index < -0.39 is 16.9 Å². The Morgan fingerprint density at radius 2 is 2.17 bits per heavy atom.